The van der Waals surface area contributed by atoms with Gasteiger partial charge in [-0.15, -0.1) is 0 Å². The number of rotatable bonds is 6. The van der Waals surface area contributed by atoms with E-state index >= 15 is 4.39 Å². The number of nitrogens with zero attached hydrogens (tertiary/aromatic N) is 4. The van der Waals surface area contributed by atoms with Crippen LogP contribution in [-0.4, -0.2) is 50.8 Å². The second kappa shape index (κ2) is 9.13. The molecule has 0 unspecified atom stereocenters. The number of benzene rings is 1. The van der Waals surface area contributed by atoms with E-state index in [0.29, 0.717) is 28.9 Å². The number of halogens is 1. The Kier molecular flexibility index (Phi) is 6.09. The molecule has 2 fully saturated rings. The molecule has 5 rings (SSSR count). The summed E-state index contributed by atoms with van der Waals surface area (Å²) >= 11 is 0. The topological polar surface area (TPSA) is 122 Å². The van der Waals surface area contributed by atoms with Crippen LogP contribution in [0.1, 0.15) is 50.7 Å². The van der Waals surface area contributed by atoms with Gasteiger partial charge in [0.2, 0.25) is 0 Å². The van der Waals surface area contributed by atoms with Crippen LogP contribution in [0.15, 0.2) is 36.5 Å². The fraction of sp³-hybridized carbons (Fsp3) is 0.423. The summed E-state index contributed by atoms with van der Waals surface area (Å²) in [6.45, 7) is 7.54. The Hall–Kier alpha value is -4.02. The molecule has 2 aliphatic rings. The molecule has 37 heavy (non-hydrogen) atoms. The lowest BCUT2D eigenvalue weighted by molar-refractivity contribution is 0.0493. The number of pyridine rings is 1. The Balaban J connectivity index is 1.27. The lowest BCUT2D eigenvalue weighted by Crippen LogP contribution is -2.39. The van der Waals surface area contributed by atoms with Crippen LogP contribution in [-0.2, 0) is 21.4 Å². The number of alkyl carbamates (subject to hydrolysis) is 1. The van der Waals surface area contributed by atoms with E-state index in [1.165, 1.54) is 11.0 Å². The predicted octanol–water partition coefficient (Wildman–Crippen LogP) is 4.40. The first kappa shape index (κ1) is 24.7. The van der Waals surface area contributed by atoms with Gasteiger partial charge in [-0.25, -0.2) is 14.0 Å². The Morgan fingerprint density at radius 3 is 2.65 bits per heavy atom. The van der Waals surface area contributed by atoms with Crippen LogP contribution in [0.4, 0.5) is 19.7 Å². The van der Waals surface area contributed by atoms with E-state index in [2.05, 4.69) is 25.7 Å². The van der Waals surface area contributed by atoms with Gasteiger partial charge >= 0.3 is 12.2 Å². The van der Waals surface area contributed by atoms with Gasteiger partial charge in [0, 0.05) is 23.7 Å². The molecule has 1 aliphatic carbocycles. The van der Waals surface area contributed by atoms with Gasteiger partial charge < -0.3 is 14.8 Å². The van der Waals surface area contributed by atoms with Crippen LogP contribution < -0.4 is 10.2 Å². The van der Waals surface area contributed by atoms with Crippen LogP contribution in [0.3, 0.4) is 0 Å². The van der Waals surface area contributed by atoms with Crippen molar-refractivity contribution in [3.05, 3.63) is 59.4 Å². The van der Waals surface area contributed by atoms with Crippen LogP contribution >= 0.6 is 0 Å². The number of cyclic esters (lactones) is 1. The van der Waals surface area contributed by atoms with E-state index < -0.39 is 35.2 Å². The third-order valence-electron chi connectivity index (χ3n) is 6.43. The largest absolute Gasteiger partial charge is 0.444 e. The highest BCUT2D eigenvalue weighted by molar-refractivity contribution is 5.90. The molecule has 1 saturated heterocycles. The predicted molar refractivity (Wildman–Crippen MR) is 132 cm³/mol. The van der Waals surface area contributed by atoms with Crippen molar-refractivity contribution in [1.29, 1.82) is 0 Å². The molecule has 1 aliphatic heterocycles. The van der Waals surface area contributed by atoms with Crippen molar-refractivity contribution in [2.75, 3.05) is 11.4 Å². The van der Waals surface area contributed by atoms with Crippen molar-refractivity contribution in [3.8, 4) is 11.1 Å². The van der Waals surface area contributed by atoms with Gasteiger partial charge in [0.1, 0.15) is 17.5 Å². The quantitative estimate of drug-likeness (QED) is 0.506. The maximum atomic E-state index is 15.1. The van der Waals surface area contributed by atoms with Crippen molar-refractivity contribution in [3.63, 3.8) is 0 Å². The summed E-state index contributed by atoms with van der Waals surface area (Å²) in [6, 6.07) is 8.19. The molecule has 1 saturated carbocycles. The summed E-state index contributed by atoms with van der Waals surface area (Å²) in [7, 11) is 0. The second-order valence-corrected chi connectivity index (χ2v) is 10.5. The van der Waals surface area contributed by atoms with Crippen LogP contribution in [0.25, 0.3) is 11.1 Å². The standard InChI is InChI=1S/C26H29FN6O4/c1-15-21(31-32-30-15)12-18-14-33(24(35)36-18)17-6-7-19(20(27)11-17)16-5-8-22(28-13-16)26(9-10-26)29-23(34)37-25(2,3)4/h5-8,11,13,18H,9-10,12,14H2,1-4H3,(H,29,34)(H,30,31,32)/t18-/m1/s1. The minimum Gasteiger partial charge on any atom is -0.444 e. The Labute approximate surface area is 213 Å². The summed E-state index contributed by atoms with van der Waals surface area (Å²) < 4.78 is 26.0. The van der Waals surface area contributed by atoms with Gasteiger partial charge in [-0.1, -0.05) is 6.07 Å². The van der Waals surface area contributed by atoms with E-state index in [4.69, 9.17) is 9.47 Å². The van der Waals surface area contributed by atoms with Crippen molar-refractivity contribution in [2.24, 2.45) is 0 Å². The van der Waals surface area contributed by atoms with E-state index in [-0.39, 0.29) is 6.54 Å². The summed E-state index contributed by atoms with van der Waals surface area (Å²) in [5.74, 6) is -0.483. The first-order valence-electron chi connectivity index (χ1n) is 12.1. The molecule has 194 valence electrons. The lowest BCUT2D eigenvalue weighted by Gasteiger charge is -2.23. The Bertz CT molecular complexity index is 1330. The molecular weight excluding hydrogens is 479 g/mol. The van der Waals surface area contributed by atoms with Crippen molar-refractivity contribution in [2.45, 2.75) is 64.2 Å². The van der Waals surface area contributed by atoms with Crippen molar-refractivity contribution < 1.29 is 23.5 Å². The summed E-state index contributed by atoms with van der Waals surface area (Å²) in [4.78, 5) is 30.6. The van der Waals surface area contributed by atoms with Gasteiger partial charge in [-0.2, -0.15) is 15.4 Å². The number of nitrogens with one attached hydrogen (secondary N) is 2. The first-order chi connectivity index (χ1) is 17.5. The minimum absolute atomic E-state index is 0.285. The normalized spacial score (nSPS) is 18.5. The molecule has 10 nitrogen and oxygen atoms in total. The molecule has 11 heteroatoms. The molecule has 0 radical (unpaired) electrons. The van der Waals surface area contributed by atoms with Gasteiger partial charge in [0.05, 0.1) is 34.9 Å². The average Bonchev–Trinajstić information content (AvgIpc) is 3.34. The number of aromatic nitrogens is 4. The molecule has 1 aromatic carbocycles. The number of H-pyrrole nitrogens is 1. The summed E-state index contributed by atoms with van der Waals surface area (Å²) in [5.41, 5.74) is 2.38. The minimum atomic E-state index is -0.593. The third-order valence-corrected chi connectivity index (χ3v) is 6.43. The van der Waals surface area contributed by atoms with Gasteiger partial charge in [-0.3, -0.25) is 9.88 Å². The zero-order chi connectivity index (χ0) is 26.4. The number of carbonyl (C=O) groups is 2. The number of amides is 2. The first-order valence-corrected chi connectivity index (χ1v) is 12.1. The molecule has 0 bridgehead atoms. The third kappa shape index (κ3) is 5.25. The van der Waals surface area contributed by atoms with Gasteiger partial charge in [0.25, 0.3) is 0 Å². The maximum absolute atomic E-state index is 15.1. The molecule has 2 aromatic heterocycles. The van der Waals surface area contributed by atoms with E-state index in [0.717, 1.165) is 24.2 Å². The number of hydrogen-bond acceptors (Lipinski definition) is 7. The van der Waals surface area contributed by atoms with Gasteiger partial charge in [0.15, 0.2) is 0 Å². The monoisotopic (exact) mass is 508 g/mol. The average molecular weight is 509 g/mol. The van der Waals surface area contributed by atoms with Crippen LogP contribution in [0, 0.1) is 12.7 Å². The molecule has 0 spiro atoms. The number of aromatic amines is 1. The smallest absolute Gasteiger partial charge is 0.414 e. The van der Waals surface area contributed by atoms with Crippen molar-refractivity contribution in [1.82, 2.24) is 25.7 Å². The maximum Gasteiger partial charge on any atom is 0.414 e. The molecule has 3 heterocycles. The zero-order valence-corrected chi connectivity index (χ0v) is 21.2. The summed E-state index contributed by atoms with van der Waals surface area (Å²) in [6.07, 6.45) is 2.10. The highest BCUT2D eigenvalue weighted by Gasteiger charge is 2.48. The highest BCUT2D eigenvalue weighted by atomic mass is 19.1. The second-order valence-electron chi connectivity index (χ2n) is 10.5. The van der Waals surface area contributed by atoms with E-state index in [1.54, 1.807) is 30.5 Å². The molecule has 2 N–H and O–H groups in total. The number of carbonyl (C=O) groups excluding carboxylic acids is 2. The molecular formula is C26H29FN6O4. The van der Waals surface area contributed by atoms with E-state index in [9.17, 15) is 9.59 Å². The molecule has 1 atom stereocenters. The fourth-order valence-corrected chi connectivity index (χ4v) is 4.36. The highest BCUT2D eigenvalue weighted by Crippen LogP contribution is 2.45. The SMILES string of the molecule is Cc1n[nH]nc1C[C@@H]1CN(c2ccc(-c3ccc(C4(NC(=O)OC(C)(C)C)CC4)nc3)c(F)c2)C(=O)O1. The molecule has 2 amide bonds. The lowest BCUT2D eigenvalue weighted by atomic mass is 10.0. The number of anilines is 1. The summed E-state index contributed by atoms with van der Waals surface area (Å²) in [5, 5.41) is 13.5. The molecule has 3 aromatic rings. The Morgan fingerprint density at radius 1 is 1.27 bits per heavy atom. The van der Waals surface area contributed by atoms with Crippen molar-refractivity contribution >= 4 is 17.9 Å². The number of ether oxygens (including phenoxy) is 2. The number of hydrogen-bond donors (Lipinski definition) is 2. The van der Waals surface area contributed by atoms with E-state index in [1.807, 2.05) is 27.7 Å². The van der Waals surface area contributed by atoms with Crippen LogP contribution in [0.2, 0.25) is 0 Å². The Morgan fingerprint density at radius 2 is 2.05 bits per heavy atom. The van der Waals surface area contributed by atoms with Crippen LogP contribution in [0.5, 0.6) is 0 Å². The zero-order valence-electron chi connectivity index (χ0n) is 21.2. The fourth-order valence-electron chi connectivity index (χ4n) is 4.36. The number of aryl methyl sites for hydroxylation is 1. The van der Waals surface area contributed by atoms with Gasteiger partial charge in [-0.05, 0) is 64.8 Å².